The van der Waals surface area contributed by atoms with E-state index in [1.54, 1.807) is 0 Å². The molecule has 1 amide bonds. The van der Waals surface area contributed by atoms with E-state index in [1.165, 1.54) is 19.3 Å². The molecule has 2 bridgehead atoms. The van der Waals surface area contributed by atoms with E-state index in [2.05, 4.69) is 5.32 Å². The number of nitrogens with zero attached hydrogens (tertiary/aromatic N) is 1. The van der Waals surface area contributed by atoms with Crippen LogP contribution in [0.4, 0.5) is 11.4 Å². The fourth-order valence-corrected chi connectivity index (χ4v) is 4.09. The Hall–Kier alpha value is -2.04. The van der Waals surface area contributed by atoms with E-state index >= 15 is 0 Å². The van der Waals surface area contributed by atoms with Gasteiger partial charge >= 0.3 is 5.97 Å². The van der Waals surface area contributed by atoms with Gasteiger partial charge in [0, 0.05) is 31.9 Å². The Morgan fingerprint density at radius 3 is 2.50 bits per heavy atom. The van der Waals surface area contributed by atoms with E-state index in [0.29, 0.717) is 23.9 Å². The van der Waals surface area contributed by atoms with Crippen LogP contribution >= 0.6 is 0 Å². The topological polar surface area (TPSA) is 58.6 Å². The fraction of sp³-hybridized carbons (Fsp3) is 0.579. The second kappa shape index (κ2) is 7.24. The second-order valence-corrected chi connectivity index (χ2v) is 7.29. The van der Waals surface area contributed by atoms with E-state index in [-0.39, 0.29) is 18.5 Å². The second-order valence-electron chi connectivity index (χ2n) is 7.29. The molecular formula is C19H26N2O3. The molecule has 1 aromatic carbocycles. The average Bonchev–Trinajstić information content (AvgIpc) is 3.16. The van der Waals surface area contributed by atoms with Crippen molar-refractivity contribution < 1.29 is 14.3 Å². The summed E-state index contributed by atoms with van der Waals surface area (Å²) in [6.07, 6.45) is 5.48. The average molecular weight is 330 g/mol. The summed E-state index contributed by atoms with van der Waals surface area (Å²) in [7, 11) is 3.92. The van der Waals surface area contributed by atoms with Crippen molar-refractivity contribution in [2.24, 2.45) is 17.8 Å². The smallest absolute Gasteiger partial charge is 0.306 e. The molecule has 0 radical (unpaired) electrons. The van der Waals surface area contributed by atoms with Crippen molar-refractivity contribution in [2.45, 2.75) is 32.1 Å². The highest BCUT2D eigenvalue weighted by molar-refractivity contribution is 5.92. The Labute approximate surface area is 143 Å². The minimum Gasteiger partial charge on any atom is -0.456 e. The van der Waals surface area contributed by atoms with Gasteiger partial charge in [0.2, 0.25) is 0 Å². The summed E-state index contributed by atoms with van der Waals surface area (Å²) in [5.41, 5.74) is 1.76. The molecule has 1 aromatic rings. The predicted octanol–water partition coefficient (Wildman–Crippen LogP) is 3.06. The highest BCUT2D eigenvalue weighted by Crippen LogP contribution is 2.49. The van der Waals surface area contributed by atoms with Gasteiger partial charge in [0.05, 0.1) is 0 Å². The predicted molar refractivity (Wildman–Crippen MR) is 93.9 cm³/mol. The number of nitrogens with one attached hydrogen (secondary N) is 1. The van der Waals surface area contributed by atoms with E-state index in [1.807, 2.05) is 43.3 Å². The Kier molecular flexibility index (Phi) is 5.07. The number of hydrogen-bond acceptors (Lipinski definition) is 4. The Bertz CT molecular complexity index is 597. The first-order valence-electron chi connectivity index (χ1n) is 8.74. The summed E-state index contributed by atoms with van der Waals surface area (Å²) in [6, 6.07) is 7.53. The summed E-state index contributed by atoms with van der Waals surface area (Å²) in [6.45, 7) is -0.213. The van der Waals surface area contributed by atoms with Crippen molar-refractivity contribution in [3.05, 3.63) is 24.3 Å². The third kappa shape index (κ3) is 4.08. The van der Waals surface area contributed by atoms with Crippen LogP contribution in [0.15, 0.2) is 24.3 Å². The van der Waals surface area contributed by atoms with Gasteiger partial charge in [-0.05, 0) is 61.3 Å². The van der Waals surface area contributed by atoms with Crippen molar-refractivity contribution in [1.82, 2.24) is 0 Å². The third-order valence-corrected chi connectivity index (χ3v) is 5.35. The first-order chi connectivity index (χ1) is 11.5. The van der Waals surface area contributed by atoms with Gasteiger partial charge in [-0.1, -0.05) is 6.42 Å². The summed E-state index contributed by atoms with van der Waals surface area (Å²) in [5.74, 6) is 1.45. The molecule has 3 rings (SSSR count). The molecule has 2 aliphatic carbocycles. The molecule has 24 heavy (non-hydrogen) atoms. The number of esters is 1. The molecule has 2 aliphatic rings. The summed E-state index contributed by atoms with van der Waals surface area (Å²) in [4.78, 5) is 25.8. The molecule has 5 heteroatoms. The van der Waals surface area contributed by atoms with Crippen LogP contribution in [-0.4, -0.2) is 32.6 Å². The maximum absolute atomic E-state index is 11.9. The molecule has 130 valence electrons. The number of rotatable bonds is 6. The maximum atomic E-state index is 11.9. The molecule has 5 nitrogen and oxygen atoms in total. The molecule has 0 aliphatic heterocycles. The number of fused-ring (bicyclic) bond motifs is 2. The SMILES string of the molecule is CN(C)c1ccc(NC(=O)COC(=O)C[C@@H]2C[C@@H]3CC[C@@H]2C3)cc1. The van der Waals surface area contributed by atoms with Crippen LogP contribution < -0.4 is 10.2 Å². The lowest BCUT2D eigenvalue weighted by atomic mass is 9.86. The lowest BCUT2D eigenvalue weighted by Crippen LogP contribution is -2.23. The monoisotopic (exact) mass is 330 g/mol. The number of carbonyl (C=O) groups excluding carboxylic acids is 2. The third-order valence-electron chi connectivity index (χ3n) is 5.35. The molecule has 1 N–H and O–H groups in total. The normalized spacial score (nSPS) is 24.7. The fourth-order valence-electron chi connectivity index (χ4n) is 4.09. The van der Waals surface area contributed by atoms with Crippen LogP contribution in [0, 0.1) is 17.8 Å². The summed E-state index contributed by atoms with van der Waals surface area (Å²) in [5, 5.41) is 2.75. The van der Waals surface area contributed by atoms with Gasteiger partial charge in [0.25, 0.3) is 5.91 Å². The largest absolute Gasteiger partial charge is 0.456 e. The number of benzene rings is 1. The molecule has 2 fully saturated rings. The van der Waals surface area contributed by atoms with Gasteiger partial charge in [-0.3, -0.25) is 9.59 Å². The van der Waals surface area contributed by atoms with E-state index in [0.717, 1.165) is 18.0 Å². The van der Waals surface area contributed by atoms with Gasteiger partial charge in [0.15, 0.2) is 6.61 Å². The van der Waals surface area contributed by atoms with Gasteiger partial charge in [-0.15, -0.1) is 0 Å². The molecule has 0 aromatic heterocycles. The van der Waals surface area contributed by atoms with Crippen molar-refractivity contribution in [1.29, 1.82) is 0 Å². The van der Waals surface area contributed by atoms with Crippen molar-refractivity contribution in [2.75, 3.05) is 30.9 Å². The lowest BCUT2D eigenvalue weighted by molar-refractivity contribution is -0.148. The minimum atomic E-state index is -0.297. The maximum Gasteiger partial charge on any atom is 0.306 e. The van der Waals surface area contributed by atoms with E-state index in [4.69, 9.17) is 4.74 Å². The number of hydrogen-bond donors (Lipinski definition) is 1. The molecular weight excluding hydrogens is 304 g/mol. The van der Waals surface area contributed by atoms with Gasteiger partial charge in [0.1, 0.15) is 0 Å². The standard InChI is InChI=1S/C19H26N2O3/c1-21(2)17-7-5-16(6-8-17)20-18(22)12-24-19(23)11-15-10-13-3-4-14(15)9-13/h5-8,13-15H,3-4,9-12H2,1-2H3,(H,20,22)/t13-,14-,15+/m1/s1. The molecule has 2 saturated carbocycles. The first kappa shape index (κ1) is 16.8. The Morgan fingerprint density at radius 2 is 1.92 bits per heavy atom. The molecule has 0 saturated heterocycles. The number of amides is 1. The van der Waals surface area contributed by atoms with Crippen molar-refractivity contribution >= 4 is 23.3 Å². The van der Waals surface area contributed by atoms with E-state index in [9.17, 15) is 9.59 Å². The number of anilines is 2. The minimum absolute atomic E-state index is 0.213. The summed E-state index contributed by atoms with van der Waals surface area (Å²) < 4.78 is 5.15. The first-order valence-corrected chi connectivity index (χ1v) is 8.74. The van der Waals surface area contributed by atoms with Crippen LogP contribution in [0.5, 0.6) is 0 Å². The van der Waals surface area contributed by atoms with Gasteiger partial charge in [-0.2, -0.15) is 0 Å². The van der Waals surface area contributed by atoms with Crippen molar-refractivity contribution in [3.63, 3.8) is 0 Å². The zero-order valence-electron chi connectivity index (χ0n) is 14.5. The van der Waals surface area contributed by atoms with Crippen LogP contribution in [-0.2, 0) is 14.3 Å². The quantitative estimate of drug-likeness (QED) is 0.815. The summed E-state index contributed by atoms with van der Waals surface area (Å²) >= 11 is 0. The highest BCUT2D eigenvalue weighted by atomic mass is 16.5. The number of carbonyl (C=O) groups is 2. The van der Waals surface area contributed by atoms with Gasteiger partial charge < -0.3 is 15.0 Å². The van der Waals surface area contributed by atoms with Crippen LogP contribution in [0.25, 0.3) is 0 Å². The molecule has 0 spiro atoms. The van der Waals surface area contributed by atoms with Crippen LogP contribution in [0.2, 0.25) is 0 Å². The Balaban J connectivity index is 1.39. The van der Waals surface area contributed by atoms with E-state index < -0.39 is 0 Å². The molecule has 0 heterocycles. The Morgan fingerprint density at radius 1 is 1.17 bits per heavy atom. The zero-order chi connectivity index (χ0) is 17.1. The lowest BCUT2D eigenvalue weighted by Gasteiger charge is -2.20. The van der Waals surface area contributed by atoms with Crippen molar-refractivity contribution in [3.8, 4) is 0 Å². The molecule has 0 unspecified atom stereocenters. The van der Waals surface area contributed by atoms with Gasteiger partial charge in [-0.25, -0.2) is 0 Å². The highest BCUT2D eigenvalue weighted by Gasteiger charge is 2.40. The molecule has 3 atom stereocenters. The van der Waals surface area contributed by atoms with Crippen LogP contribution in [0.3, 0.4) is 0 Å². The number of ether oxygens (including phenoxy) is 1. The zero-order valence-corrected chi connectivity index (χ0v) is 14.5. The van der Waals surface area contributed by atoms with Crippen LogP contribution in [0.1, 0.15) is 32.1 Å².